The average Bonchev–Trinajstić information content (AvgIpc) is 2.73. The van der Waals surface area contributed by atoms with E-state index in [1.54, 1.807) is 0 Å². The number of carbonyl (C=O) groups is 3. The van der Waals surface area contributed by atoms with Crippen molar-refractivity contribution in [2.45, 2.75) is 79.9 Å². The molecule has 0 saturated heterocycles. The van der Waals surface area contributed by atoms with Crippen molar-refractivity contribution in [2.24, 2.45) is 0 Å². The number of methoxy groups -OCH3 is 2. The lowest BCUT2D eigenvalue weighted by Crippen LogP contribution is -2.46. The van der Waals surface area contributed by atoms with Crippen LogP contribution in [0.5, 0.6) is 0 Å². The molecule has 0 fully saturated rings. The molecule has 0 radical (unpaired) electrons. The Morgan fingerprint density at radius 3 is 1.56 bits per heavy atom. The van der Waals surface area contributed by atoms with Gasteiger partial charge in [0.1, 0.15) is 0 Å². The Morgan fingerprint density at radius 2 is 1.18 bits per heavy atom. The molecule has 0 N–H and O–H groups in total. The highest BCUT2D eigenvalue weighted by molar-refractivity contribution is 6.11. The molecular weight excluding hydrogens is 436 g/mol. The molecule has 0 unspecified atom stereocenters. The third kappa shape index (κ3) is 7.64. The van der Waals surface area contributed by atoms with Crippen LogP contribution in [0, 0.1) is 0 Å². The summed E-state index contributed by atoms with van der Waals surface area (Å²) >= 11 is 0. The largest absolute Gasteiger partial charge is 0.424 e. The second-order valence-electron chi connectivity index (χ2n) is 8.72. The Bertz CT molecular complexity index is 945. The number of rotatable bonds is 11. The van der Waals surface area contributed by atoms with E-state index in [0.29, 0.717) is 0 Å². The van der Waals surface area contributed by atoms with E-state index in [4.69, 9.17) is 18.9 Å². The van der Waals surface area contributed by atoms with E-state index in [1.165, 1.54) is 33.6 Å². The third-order valence-corrected chi connectivity index (χ3v) is 5.22. The zero-order valence-corrected chi connectivity index (χ0v) is 21.9. The highest BCUT2D eigenvalue weighted by Crippen LogP contribution is 2.43. The lowest BCUT2D eigenvalue weighted by Gasteiger charge is -2.38. The van der Waals surface area contributed by atoms with Crippen molar-refractivity contribution < 1.29 is 33.3 Å². The van der Waals surface area contributed by atoms with Crippen molar-refractivity contribution in [3.63, 3.8) is 0 Å². The molecule has 0 bridgehead atoms. The van der Waals surface area contributed by atoms with Crippen molar-refractivity contribution in [1.82, 2.24) is 0 Å². The molecule has 0 amide bonds. The minimum Gasteiger partial charge on any atom is -0.424 e. The van der Waals surface area contributed by atoms with Gasteiger partial charge in [0.15, 0.2) is 17.3 Å². The van der Waals surface area contributed by atoms with Gasteiger partial charge >= 0.3 is 11.9 Å². The van der Waals surface area contributed by atoms with Gasteiger partial charge < -0.3 is 18.9 Å². The molecule has 0 aromatic carbocycles. The fraction of sp³-hybridized carbons (Fsp3) is 0.519. The first-order valence-corrected chi connectivity index (χ1v) is 11.3. The Labute approximate surface area is 203 Å². The first kappa shape index (κ1) is 29.3. The van der Waals surface area contributed by atoms with E-state index in [0.717, 1.165) is 24.0 Å². The SMILES string of the molecule is COC1(OC)C(OC(C)=O)=C(CC=C(C)C)C(=O)C(CC=C(C)CCC=C(C)C)=C1OC(C)=O. The van der Waals surface area contributed by atoms with E-state index in [9.17, 15) is 14.4 Å². The van der Waals surface area contributed by atoms with E-state index >= 15 is 0 Å². The molecule has 0 atom stereocenters. The van der Waals surface area contributed by atoms with Gasteiger partial charge in [-0.25, -0.2) is 0 Å². The second kappa shape index (κ2) is 13.2. The number of allylic oxidation sites excluding steroid dienone is 8. The molecule has 1 rings (SSSR count). The second-order valence-corrected chi connectivity index (χ2v) is 8.72. The van der Waals surface area contributed by atoms with Gasteiger partial charge in [0, 0.05) is 39.2 Å². The lowest BCUT2D eigenvalue weighted by molar-refractivity contribution is -0.205. The first-order valence-electron chi connectivity index (χ1n) is 11.3. The molecule has 0 aromatic heterocycles. The van der Waals surface area contributed by atoms with Crippen molar-refractivity contribution in [3.8, 4) is 0 Å². The quantitative estimate of drug-likeness (QED) is 0.218. The molecule has 0 spiro atoms. The van der Waals surface area contributed by atoms with Crippen LogP contribution in [0.25, 0.3) is 0 Å². The summed E-state index contributed by atoms with van der Waals surface area (Å²) in [6, 6.07) is 0. The predicted octanol–water partition coefficient (Wildman–Crippen LogP) is 5.63. The summed E-state index contributed by atoms with van der Waals surface area (Å²) < 4.78 is 22.3. The molecule has 1 aliphatic carbocycles. The Morgan fingerprint density at radius 1 is 0.735 bits per heavy atom. The van der Waals surface area contributed by atoms with Gasteiger partial charge in [-0.15, -0.1) is 0 Å². The predicted molar refractivity (Wildman–Crippen MR) is 130 cm³/mol. The molecule has 0 aromatic rings. The fourth-order valence-electron chi connectivity index (χ4n) is 3.53. The number of hydrogen-bond donors (Lipinski definition) is 0. The standard InChI is InChI=1S/C27H38O7/c1-17(2)11-10-12-19(5)14-16-23-24(30)22(15-13-18(3)4)25(33-20(6)28)27(31-8,32-9)26(23)34-21(7)29/h11,13-14H,10,12,15-16H2,1-9H3. The van der Waals surface area contributed by atoms with Gasteiger partial charge in [0.25, 0.3) is 5.79 Å². The minimum absolute atomic E-state index is 0.124. The number of carbonyl (C=O) groups excluding carboxylic acids is 3. The maximum atomic E-state index is 13.7. The maximum Gasteiger partial charge on any atom is 0.307 e. The summed E-state index contributed by atoms with van der Waals surface area (Å²) in [4.78, 5) is 37.7. The molecule has 7 heteroatoms. The van der Waals surface area contributed by atoms with Crippen LogP contribution < -0.4 is 0 Å². The third-order valence-electron chi connectivity index (χ3n) is 5.22. The molecule has 0 aliphatic heterocycles. The van der Waals surface area contributed by atoms with Crippen LogP contribution >= 0.6 is 0 Å². The summed E-state index contributed by atoms with van der Waals surface area (Å²) in [6.07, 6.45) is 8.04. The molecular formula is C27H38O7. The van der Waals surface area contributed by atoms with Gasteiger partial charge in [0.05, 0.1) is 0 Å². The van der Waals surface area contributed by atoms with Crippen LogP contribution in [0.1, 0.15) is 74.1 Å². The Kier molecular flexibility index (Phi) is 11.4. The Hall–Kier alpha value is -2.77. The summed E-state index contributed by atoms with van der Waals surface area (Å²) in [5.74, 6) is -3.81. The smallest absolute Gasteiger partial charge is 0.307 e. The summed E-state index contributed by atoms with van der Waals surface area (Å²) in [7, 11) is 2.67. The van der Waals surface area contributed by atoms with E-state index in [-0.39, 0.29) is 41.3 Å². The van der Waals surface area contributed by atoms with E-state index in [2.05, 4.69) is 6.08 Å². The van der Waals surface area contributed by atoms with E-state index in [1.807, 2.05) is 46.8 Å². The fourth-order valence-corrected chi connectivity index (χ4v) is 3.53. The lowest BCUT2D eigenvalue weighted by atomic mass is 9.85. The number of ketones is 1. The highest BCUT2D eigenvalue weighted by Gasteiger charge is 2.52. The zero-order chi connectivity index (χ0) is 26.1. The Balaban J connectivity index is 3.71. The number of hydrogen-bond acceptors (Lipinski definition) is 7. The van der Waals surface area contributed by atoms with E-state index < -0.39 is 17.7 Å². The van der Waals surface area contributed by atoms with Gasteiger partial charge in [-0.3, -0.25) is 14.4 Å². The molecule has 34 heavy (non-hydrogen) atoms. The normalized spacial score (nSPS) is 15.8. The van der Waals surface area contributed by atoms with Gasteiger partial charge in [0.2, 0.25) is 0 Å². The summed E-state index contributed by atoms with van der Waals surface area (Å²) in [6.45, 7) is 12.3. The van der Waals surface area contributed by atoms with Crippen LogP contribution in [-0.2, 0) is 33.3 Å². The first-order chi connectivity index (χ1) is 15.9. The van der Waals surface area contributed by atoms with Crippen LogP contribution in [0.2, 0.25) is 0 Å². The molecule has 0 heterocycles. The number of esters is 2. The monoisotopic (exact) mass is 474 g/mol. The average molecular weight is 475 g/mol. The number of ether oxygens (including phenoxy) is 4. The molecule has 7 nitrogen and oxygen atoms in total. The van der Waals surface area contributed by atoms with Crippen molar-refractivity contribution in [2.75, 3.05) is 14.2 Å². The summed E-state index contributed by atoms with van der Waals surface area (Å²) in [5.41, 5.74) is 3.73. The van der Waals surface area contributed by atoms with Crippen LogP contribution in [0.4, 0.5) is 0 Å². The van der Waals surface area contributed by atoms with Crippen molar-refractivity contribution in [3.05, 3.63) is 57.6 Å². The van der Waals surface area contributed by atoms with Crippen LogP contribution in [0.3, 0.4) is 0 Å². The van der Waals surface area contributed by atoms with Crippen LogP contribution in [0.15, 0.2) is 57.6 Å². The van der Waals surface area contributed by atoms with Gasteiger partial charge in [-0.2, -0.15) is 0 Å². The van der Waals surface area contributed by atoms with Crippen molar-refractivity contribution >= 4 is 17.7 Å². The minimum atomic E-state index is -1.87. The highest BCUT2D eigenvalue weighted by atomic mass is 16.7. The zero-order valence-electron chi connectivity index (χ0n) is 21.9. The van der Waals surface area contributed by atoms with Gasteiger partial charge in [-0.05, 0) is 60.3 Å². The molecule has 0 saturated carbocycles. The molecule has 1 aliphatic rings. The van der Waals surface area contributed by atoms with Crippen molar-refractivity contribution in [1.29, 1.82) is 0 Å². The van der Waals surface area contributed by atoms with Gasteiger partial charge in [-0.1, -0.05) is 34.9 Å². The topological polar surface area (TPSA) is 88.1 Å². The summed E-state index contributed by atoms with van der Waals surface area (Å²) in [5, 5.41) is 0. The number of Topliss-reactive ketones (excluding diaryl/α,β-unsaturated/α-hetero) is 1. The molecule has 188 valence electrons. The van der Waals surface area contributed by atoms with Crippen LogP contribution in [-0.4, -0.2) is 37.7 Å². The maximum absolute atomic E-state index is 13.7.